The van der Waals surface area contributed by atoms with Crippen molar-refractivity contribution < 1.29 is 14.0 Å². The fourth-order valence-corrected chi connectivity index (χ4v) is 4.28. The monoisotopic (exact) mass is 477 g/mol. The molecule has 0 saturated heterocycles. The molecular weight excluding hydrogens is 445 g/mol. The zero-order chi connectivity index (χ0) is 25.5. The number of pyridine rings is 1. The van der Waals surface area contributed by atoms with Gasteiger partial charge in [-0.05, 0) is 74.4 Å². The van der Waals surface area contributed by atoms with Gasteiger partial charge in [-0.3, -0.25) is 9.59 Å². The average molecular weight is 478 g/mol. The number of aryl methyl sites for hydroxylation is 1. The molecule has 7 nitrogen and oxygen atoms in total. The normalized spacial score (nSPS) is 17.5. The van der Waals surface area contributed by atoms with Crippen LogP contribution < -0.4 is 5.32 Å². The van der Waals surface area contributed by atoms with Gasteiger partial charge in [-0.2, -0.15) is 0 Å². The van der Waals surface area contributed by atoms with Gasteiger partial charge in [0.05, 0.1) is 5.56 Å². The van der Waals surface area contributed by atoms with E-state index in [1.54, 1.807) is 30.6 Å². The third-order valence-corrected chi connectivity index (χ3v) is 6.56. The molecule has 1 saturated carbocycles. The second-order valence-corrected chi connectivity index (χ2v) is 10.7. The molecule has 184 valence electrons. The number of carbonyl (C=O) groups is 2. The smallest absolute Gasteiger partial charge is 0.259 e. The zero-order valence-corrected chi connectivity index (χ0v) is 21.1. The van der Waals surface area contributed by atoms with Crippen molar-refractivity contribution in [3.63, 3.8) is 0 Å². The molecule has 8 heteroatoms. The molecule has 0 spiro atoms. The molecule has 1 aliphatic carbocycles. The van der Waals surface area contributed by atoms with E-state index in [2.05, 4.69) is 20.5 Å². The summed E-state index contributed by atoms with van der Waals surface area (Å²) in [4.78, 5) is 30.0. The summed E-state index contributed by atoms with van der Waals surface area (Å²) >= 11 is 0. The second kappa shape index (κ2) is 9.32. The van der Waals surface area contributed by atoms with Crippen molar-refractivity contribution in [1.29, 1.82) is 0 Å². The molecule has 0 bridgehead atoms. The Balaban J connectivity index is 1.53. The topological polar surface area (TPSA) is 89.8 Å². The van der Waals surface area contributed by atoms with Gasteiger partial charge >= 0.3 is 0 Å². The van der Waals surface area contributed by atoms with Crippen molar-refractivity contribution in [2.45, 2.75) is 66.3 Å². The minimum absolute atomic E-state index is 0.0315. The Kier molecular flexibility index (Phi) is 6.58. The summed E-state index contributed by atoms with van der Waals surface area (Å²) in [7, 11) is 0. The van der Waals surface area contributed by atoms with Crippen LogP contribution in [0.25, 0.3) is 11.5 Å². The van der Waals surface area contributed by atoms with Gasteiger partial charge in [0.2, 0.25) is 0 Å². The molecule has 4 rings (SSSR count). The molecule has 1 fully saturated rings. The summed E-state index contributed by atoms with van der Waals surface area (Å²) in [5.74, 6) is 0.360. The first-order valence-electron chi connectivity index (χ1n) is 12.0. The van der Waals surface area contributed by atoms with E-state index in [9.17, 15) is 14.0 Å². The summed E-state index contributed by atoms with van der Waals surface area (Å²) < 4.78 is 16.7. The number of Topliss-reactive ketones (excluding diaryl/α,β-unsaturated/α-hetero) is 1. The van der Waals surface area contributed by atoms with E-state index in [1.807, 2.05) is 46.1 Å². The van der Waals surface area contributed by atoms with Gasteiger partial charge in [0.25, 0.3) is 5.91 Å². The standard InChI is InChI=1S/C27H32FN5O2/c1-15(2)33-14-29-32-25(33)22-8-7-9-24(30-22)31-26(35)20-13-18(16(3)10-21(20)28)19-11-17(19)12-23(34)27(4,5)6/h7-10,13-15,17,19H,11-12H2,1-6H3,(H,30,31,35). The van der Waals surface area contributed by atoms with Crippen molar-refractivity contribution in [3.05, 3.63) is 59.2 Å². The zero-order valence-electron chi connectivity index (χ0n) is 21.1. The summed E-state index contributed by atoms with van der Waals surface area (Å²) in [5, 5.41) is 10.8. The molecule has 0 radical (unpaired) electrons. The molecule has 35 heavy (non-hydrogen) atoms. The number of hydrogen-bond donors (Lipinski definition) is 1. The third kappa shape index (κ3) is 5.31. The van der Waals surface area contributed by atoms with E-state index in [0.717, 1.165) is 17.5 Å². The lowest BCUT2D eigenvalue weighted by atomic mass is 9.87. The highest BCUT2D eigenvalue weighted by molar-refractivity contribution is 6.04. The Hall–Kier alpha value is -3.42. The Morgan fingerprint density at radius 1 is 1.23 bits per heavy atom. The number of hydrogen-bond acceptors (Lipinski definition) is 5. The maximum Gasteiger partial charge on any atom is 0.259 e. The summed E-state index contributed by atoms with van der Waals surface area (Å²) in [6.07, 6.45) is 3.01. The van der Waals surface area contributed by atoms with E-state index in [-0.39, 0.29) is 34.6 Å². The third-order valence-electron chi connectivity index (χ3n) is 6.56. The number of carbonyl (C=O) groups excluding carboxylic acids is 2. The van der Waals surface area contributed by atoms with E-state index >= 15 is 0 Å². The van der Waals surface area contributed by atoms with Crippen molar-refractivity contribution >= 4 is 17.5 Å². The molecule has 0 aliphatic heterocycles. The minimum Gasteiger partial charge on any atom is -0.310 e. The van der Waals surface area contributed by atoms with Gasteiger partial charge in [0.15, 0.2) is 5.82 Å². The first-order chi connectivity index (χ1) is 16.5. The van der Waals surface area contributed by atoms with Gasteiger partial charge < -0.3 is 9.88 Å². The van der Waals surface area contributed by atoms with Crippen LogP contribution >= 0.6 is 0 Å². The van der Waals surface area contributed by atoms with Crippen molar-refractivity contribution in [2.24, 2.45) is 11.3 Å². The quantitative estimate of drug-likeness (QED) is 0.469. The predicted molar refractivity (Wildman–Crippen MR) is 133 cm³/mol. The highest BCUT2D eigenvalue weighted by atomic mass is 19.1. The number of benzene rings is 1. The van der Waals surface area contributed by atoms with Crippen LogP contribution in [0.4, 0.5) is 10.2 Å². The Labute approximate surface area is 205 Å². The van der Waals surface area contributed by atoms with Crippen molar-refractivity contribution in [3.8, 4) is 11.5 Å². The van der Waals surface area contributed by atoms with E-state index < -0.39 is 11.7 Å². The second-order valence-electron chi connectivity index (χ2n) is 10.7. The molecule has 1 aromatic carbocycles. The highest BCUT2D eigenvalue weighted by Gasteiger charge is 2.42. The van der Waals surface area contributed by atoms with E-state index in [4.69, 9.17) is 0 Å². The van der Waals surface area contributed by atoms with Crippen LogP contribution in [0.3, 0.4) is 0 Å². The van der Waals surface area contributed by atoms with Gasteiger partial charge in [-0.15, -0.1) is 10.2 Å². The number of anilines is 1. The molecule has 2 atom stereocenters. The fourth-order valence-electron chi connectivity index (χ4n) is 4.28. The molecule has 2 aromatic heterocycles. The lowest BCUT2D eigenvalue weighted by Crippen LogP contribution is -2.20. The van der Waals surface area contributed by atoms with Crippen LogP contribution in [0.1, 0.15) is 80.9 Å². The van der Waals surface area contributed by atoms with Crippen LogP contribution in [-0.4, -0.2) is 31.4 Å². The lowest BCUT2D eigenvalue weighted by Gasteiger charge is -2.16. The first-order valence-corrected chi connectivity index (χ1v) is 12.0. The molecule has 1 amide bonds. The number of halogens is 1. The number of nitrogens with one attached hydrogen (secondary N) is 1. The largest absolute Gasteiger partial charge is 0.310 e. The number of rotatable bonds is 7. The van der Waals surface area contributed by atoms with E-state index in [0.29, 0.717) is 23.8 Å². The summed E-state index contributed by atoms with van der Waals surface area (Å²) in [6.45, 7) is 11.6. The van der Waals surface area contributed by atoms with Crippen LogP contribution in [0.5, 0.6) is 0 Å². The SMILES string of the molecule is Cc1cc(F)c(C(=O)Nc2cccc(-c3nncn3C(C)C)n2)cc1C1CC1CC(=O)C(C)(C)C. The van der Waals surface area contributed by atoms with Gasteiger partial charge in [0, 0.05) is 17.9 Å². The molecule has 3 aromatic rings. The number of ketones is 1. The Bertz CT molecular complexity index is 1270. The highest BCUT2D eigenvalue weighted by Crippen LogP contribution is 2.51. The molecular formula is C27H32FN5O2. The number of nitrogens with zero attached hydrogens (tertiary/aromatic N) is 4. The van der Waals surface area contributed by atoms with E-state index in [1.165, 1.54) is 6.07 Å². The Morgan fingerprint density at radius 3 is 2.66 bits per heavy atom. The number of aromatic nitrogens is 4. The number of amides is 1. The van der Waals surface area contributed by atoms with Crippen LogP contribution in [0.15, 0.2) is 36.7 Å². The molecule has 2 heterocycles. The van der Waals surface area contributed by atoms with Gasteiger partial charge in [-0.1, -0.05) is 26.8 Å². The molecule has 2 unspecified atom stereocenters. The van der Waals surface area contributed by atoms with Crippen LogP contribution in [-0.2, 0) is 4.79 Å². The van der Waals surface area contributed by atoms with Crippen molar-refractivity contribution in [2.75, 3.05) is 5.32 Å². The minimum atomic E-state index is -0.581. The predicted octanol–water partition coefficient (Wildman–Crippen LogP) is 5.73. The maximum absolute atomic E-state index is 14.8. The summed E-state index contributed by atoms with van der Waals surface area (Å²) in [5.41, 5.74) is 1.87. The molecule has 1 N–H and O–H groups in total. The van der Waals surface area contributed by atoms with Crippen LogP contribution in [0.2, 0.25) is 0 Å². The lowest BCUT2D eigenvalue weighted by molar-refractivity contribution is -0.126. The first kappa shape index (κ1) is 24.7. The Morgan fingerprint density at radius 2 is 1.97 bits per heavy atom. The fraction of sp³-hybridized carbons (Fsp3) is 0.444. The average Bonchev–Trinajstić information content (AvgIpc) is 3.33. The van der Waals surface area contributed by atoms with Gasteiger partial charge in [0.1, 0.15) is 29.4 Å². The van der Waals surface area contributed by atoms with Crippen molar-refractivity contribution in [1.82, 2.24) is 19.7 Å². The van der Waals surface area contributed by atoms with Crippen LogP contribution in [0, 0.1) is 24.1 Å². The van der Waals surface area contributed by atoms with Gasteiger partial charge in [-0.25, -0.2) is 9.37 Å². The maximum atomic E-state index is 14.8. The molecule has 1 aliphatic rings. The summed E-state index contributed by atoms with van der Waals surface area (Å²) in [6, 6.07) is 8.38.